The van der Waals surface area contributed by atoms with Crippen molar-refractivity contribution in [3.05, 3.63) is 30.3 Å². The molecule has 0 saturated carbocycles. The van der Waals surface area contributed by atoms with E-state index < -0.39 is 4.92 Å². The highest BCUT2D eigenvalue weighted by atomic mass is 127. The predicted octanol–water partition coefficient (Wildman–Crippen LogP) is 2.92. The van der Waals surface area contributed by atoms with Gasteiger partial charge in [-0.25, -0.2) is 0 Å². The second-order valence-corrected chi connectivity index (χ2v) is 4.74. The van der Waals surface area contributed by atoms with E-state index in [0.717, 1.165) is 3.57 Å². The summed E-state index contributed by atoms with van der Waals surface area (Å²) < 4.78 is 1.13. The molecule has 0 heterocycles. The summed E-state index contributed by atoms with van der Waals surface area (Å²) in [6, 6.07) is 2.91. The van der Waals surface area contributed by atoms with Gasteiger partial charge in [-0.15, -0.1) is 0 Å². The molecular formula is C8H6BrIN2O3. The minimum Gasteiger partial charge on any atom is -0.325 e. The lowest BCUT2D eigenvalue weighted by atomic mass is 10.3. The van der Waals surface area contributed by atoms with Gasteiger partial charge in [-0.1, -0.05) is 0 Å². The Kier molecular flexibility index (Phi) is 4.03. The summed E-state index contributed by atoms with van der Waals surface area (Å²) in [5.41, 5.74) is 0.372. The number of halogens is 2. The number of carbonyl (C=O) groups is 1. The molecule has 0 saturated heterocycles. The summed E-state index contributed by atoms with van der Waals surface area (Å²) >= 11 is 5.08. The number of carbonyl (C=O) groups excluding carboxylic acids is 1. The molecular weight excluding hydrogens is 379 g/mol. The highest BCUT2D eigenvalue weighted by Crippen LogP contribution is 2.32. The Bertz CT molecular complexity index is 436. The molecule has 1 rings (SSSR count). The molecule has 0 aliphatic heterocycles. The molecule has 7 heteroatoms. The molecule has 1 aromatic carbocycles. The second kappa shape index (κ2) is 4.88. The number of anilines is 1. The Balaban J connectivity index is 3.23. The zero-order valence-electron chi connectivity index (χ0n) is 7.58. The van der Waals surface area contributed by atoms with Crippen LogP contribution in [0.15, 0.2) is 16.6 Å². The maximum Gasteiger partial charge on any atom is 0.285 e. The lowest BCUT2D eigenvalue weighted by Gasteiger charge is -2.05. The van der Waals surface area contributed by atoms with Crippen LogP contribution in [-0.2, 0) is 4.79 Å². The number of nitrogens with one attached hydrogen (secondary N) is 1. The number of benzene rings is 1. The van der Waals surface area contributed by atoms with Crippen LogP contribution in [0.1, 0.15) is 6.92 Å². The zero-order valence-corrected chi connectivity index (χ0v) is 11.3. The SMILES string of the molecule is CC(=O)Nc1cc([N+](=O)[O-])c(Br)cc1I. The van der Waals surface area contributed by atoms with Gasteiger partial charge in [0.1, 0.15) is 0 Å². The fraction of sp³-hybridized carbons (Fsp3) is 0.125. The van der Waals surface area contributed by atoms with Gasteiger partial charge in [0.2, 0.25) is 5.91 Å². The van der Waals surface area contributed by atoms with Crippen LogP contribution in [0.5, 0.6) is 0 Å². The van der Waals surface area contributed by atoms with E-state index in [4.69, 9.17) is 0 Å². The minimum absolute atomic E-state index is 0.0702. The largest absolute Gasteiger partial charge is 0.325 e. The molecule has 1 N–H and O–H groups in total. The van der Waals surface area contributed by atoms with Crippen molar-refractivity contribution < 1.29 is 9.72 Å². The topological polar surface area (TPSA) is 72.2 Å². The maximum atomic E-state index is 10.8. The van der Waals surface area contributed by atoms with Crippen molar-refractivity contribution in [2.75, 3.05) is 5.32 Å². The van der Waals surface area contributed by atoms with E-state index in [9.17, 15) is 14.9 Å². The van der Waals surface area contributed by atoms with Crippen LogP contribution in [0.4, 0.5) is 11.4 Å². The first kappa shape index (κ1) is 12.4. The van der Waals surface area contributed by atoms with Crippen molar-refractivity contribution in [1.29, 1.82) is 0 Å². The molecule has 5 nitrogen and oxygen atoms in total. The van der Waals surface area contributed by atoms with Crippen LogP contribution >= 0.6 is 38.5 Å². The first-order valence-electron chi connectivity index (χ1n) is 3.83. The summed E-state index contributed by atoms with van der Waals surface area (Å²) in [7, 11) is 0. The average Bonchev–Trinajstić information content (AvgIpc) is 2.08. The summed E-state index contributed by atoms with van der Waals surface area (Å²) in [6.45, 7) is 1.35. The molecule has 0 atom stereocenters. The molecule has 0 unspecified atom stereocenters. The molecule has 0 aromatic heterocycles. The number of nitro benzene ring substituents is 1. The molecule has 0 aliphatic rings. The Morgan fingerprint density at radius 1 is 1.60 bits per heavy atom. The number of hydrogen-bond donors (Lipinski definition) is 1. The highest BCUT2D eigenvalue weighted by Gasteiger charge is 2.15. The van der Waals surface area contributed by atoms with E-state index in [1.165, 1.54) is 13.0 Å². The summed E-state index contributed by atoms with van der Waals surface area (Å²) in [4.78, 5) is 21.0. The molecule has 0 radical (unpaired) electrons. The van der Waals surface area contributed by atoms with Gasteiger partial charge in [0.25, 0.3) is 5.69 Å². The van der Waals surface area contributed by atoms with Crippen LogP contribution in [0.3, 0.4) is 0 Å². The van der Waals surface area contributed by atoms with E-state index in [1.54, 1.807) is 6.07 Å². The average molecular weight is 385 g/mol. The van der Waals surface area contributed by atoms with Crippen molar-refractivity contribution in [2.45, 2.75) is 6.92 Å². The molecule has 1 aromatic rings. The van der Waals surface area contributed by atoms with Gasteiger partial charge in [0.15, 0.2) is 0 Å². The van der Waals surface area contributed by atoms with Crippen LogP contribution in [0.2, 0.25) is 0 Å². The third-order valence-corrected chi connectivity index (χ3v) is 3.07. The van der Waals surface area contributed by atoms with E-state index in [1.807, 2.05) is 22.6 Å². The number of amides is 1. The third-order valence-electron chi connectivity index (χ3n) is 1.54. The molecule has 0 bridgehead atoms. The maximum absolute atomic E-state index is 10.8. The van der Waals surface area contributed by atoms with Crippen LogP contribution in [-0.4, -0.2) is 10.8 Å². The molecule has 15 heavy (non-hydrogen) atoms. The third kappa shape index (κ3) is 3.13. The Hall–Kier alpha value is -0.700. The Morgan fingerprint density at radius 3 is 2.67 bits per heavy atom. The van der Waals surface area contributed by atoms with Gasteiger partial charge in [-0.2, -0.15) is 0 Å². The van der Waals surface area contributed by atoms with E-state index >= 15 is 0 Å². The molecule has 0 fully saturated rings. The number of nitrogens with zero attached hydrogens (tertiary/aromatic N) is 1. The quantitative estimate of drug-likeness (QED) is 0.484. The Labute approximate surface area is 108 Å². The molecule has 0 spiro atoms. The van der Waals surface area contributed by atoms with Gasteiger partial charge in [-0.3, -0.25) is 14.9 Å². The Morgan fingerprint density at radius 2 is 2.20 bits per heavy atom. The summed E-state index contributed by atoms with van der Waals surface area (Å²) in [6.07, 6.45) is 0. The van der Waals surface area contributed by atoms with E-state index in [0.29, 0.717) is 10.2 Å². The van der Waals surface area contributed by atoms with Gasteiger partial charge >= 0.3 is 0 Å². The van der Waals surface area contributed by atoms with Crippen molar-refractivity contribution in [2.24, 2.45) is 0 Å². The van der Waals surface area contributed by atoms with E-state index in [2.05, 4.69) is 21.2 Å². The molecule has 1 amide bonds. The smallest absolute Gasteiger partial charge is 0.285 e. The van der Waals surface area contributed by atoms with Crippen molar-refractivity contribution in [1.82, 2.24) is 0 Å². The standard InChI is InChI=1S/C8H6BrIN2O3/c1-4(13)11-7-3-8(12(14)15)5(9)2-6(7)10/h2-3H,1H3,(H,11,13). The van der Waals surface area contributed by atoms with Crippen molar-refractivity contribution in [3.8, 4) is 0 Å². The van der Waals surface area contributed by atoms with Crippen LogP contribution in [0.25, 0.3) is 0 Å². The van der Waals surface area contributed by atoms with Gasteiger partial charge in [0.05, 0.1) is 15.1 Å². The lowest BCUT2D eigenvalue weighted by molar-refractivity contribution is -0.385. The molecule has 0 aliphatic carbocycles. The van der Waals surface area contributed by atoms with Gasteiger partial charge < -0.3 is 5.32 Å². The zero-order chi connectivity index (χ0) is 11.6. The van der Waals surface area contributed by atoms with Crippen molar-refractivity contribution in [3.63, 3.8) is 0 Å². The first-order valence-corrected chi connectivity index (χ1v) is 5.70. The second-order valence-electron chi connectivity index (χ2n) is 2.72. The normalized spacial score (nSPS) is 9.80. The highest BCUT2D eigenvalue weighted by molar-refractivity contribution is 14.1. The summed E-state index contributed by atoms with van der Waals surface area (Å²) in [5, 5.41) is 13.2. The lowest BCUT2D eigenvalue weighted by Crippen LogP contribution is -2.07. The fourth-order valence-corrected chi connectivity index (χ4v) is 2.48. The first-order chi connectivity index (χ1) is 6.91. The minimum atomic E-state index is -0.508. The molecule has 80 valence electrons. The monoisotopic (exact) mass is 384 g/mol. The van der Waals surface area contributed by atoms with Gasteiger partial charge in [0, 0.05) is 16.6 Å². The number of nitro groups is 1. The summed E-state index contributed by atoms with van der Waals surface area (Å²) in [5.74, 6) is -0.260. The number of rotatable bonds is 2. The van der Waals surface area contributed by atoms with Crippen LogP contribution in [0, 0.1) is 13.7 Å². The van der Waals surface area contributed by atoms with E-state index in [-0.39, 0.29) is 11.6 Å². The van der Waals surface area contributed by atoms with Crippen molar-refractivity contribution >= 4 is 55.8 Å². The predicted molar refractivity (Wildman–Crippen MR) is 67.8 cm³/mol. The van der Waals surface area contributed by atoms with Gasteiger partial charge in [-0.05, 0) is 44.6 Å². The van der Waals surface area contributed by atoms with Crippen LogP contribution < -0.4 is 5.32 Å². The number of hydrogen-bond acceptors (Lipinski definition) is 3. The fourth-order valence-electron chi connectivity index (χ4n) is 0.963.